The first-order valence-electron chi connectivity index (χ1n) is 9.01. The van der Waals surface area contributed by atoms with Crippen molar-refractivity contribution in [2.75, 3.05) is 6.54 Å². The molecule has 6 nitrogen and oxygen atoms in total. The SMILES string of the molecule is CC(NC(=O)CN1C(=O)NC(C2CC2)(C2CC2)C1=O)c1ccccc1. The second-order valence-corrected chi connectivity index (χ2v) is 7.44. The van der Waals surface area contributed by atoms with Gasteiger partial charge in [-0.1, -0.05) is 30.3 Å². The highest BCUT2D eigenvalue weighted by Crippen LogP contribution is 2.54. The van der Waals surface area contributed by atoms with Gasteiger partial charge in [0, 0.05) is 0 Å². The van der Waals surface area contributed by atoms with E-state index in [0.29, 0.717) is 0 Å². The molecule has 0 radical (unpaired) electrons. The van der Waals surface area contributed by atoms with Crippen LogP contribution in [0.4, 0.5) is 4.79 Å². The van der Waals surface area contributed by atoms with Crippen LogP contribution in [-0.2, 0) is 9.59 Å². The highest BCUT2D eigenvalue weighted by atomic mass is 16.2. The van der Waals surface area contributed by atoms with E-state index in [9.17, 15) is 14.4 Å². The quantitative estimate of drug-likeness (QED) is 0.777. The van der Waals surface area contributed by atoms with Gasteiger partial charge in [0.05, 0.1) is 6.04 Å². The molecule has 4 amide bonds. The van der Waals surface area contributed by atoms with Gasteiger partial charge in [-0.05, 0) is 50.0 Å². The highest BCUT2D eigenvalue weighted by molar-refractivity contribution is 6.09. The van der Waals surface area contributed by atoms with Gasteiger partial charge in [0.1, 0.15) is 12.1 Å². The second-order valence-electron chi connectivity index (χ2n) is 7.44. The van der Waals surface area contributed by atoms with Crippen molar-refractivity contribution in [1.82, 2.24) is 15.5 Å². The Balaban J connectivity index is 1.43. The lowest BCUT2D eigenvalue weighted by Crippen LogP contribution is -2.51. The number of benzene rings is 1. The summed E-state index contributed by atoms with van der Waals surface area (Å²) in [6.07, 6.45) is 3.92. The van der Waals surface area contributed by atoms with E-state index in [2.05, 4.69) is 10.6 Å². The molecule has 1 aromatic rings. The lowest BCUT2D eigenvalue weighted by atomic mass is 9.87. The fraction of sp³-hybridized carbons (Fsp3) is 0.526. The van der Waals surface area contributed by atoms with Gasteiger partial charge in [-0.25, -0.2) is 4.79 Å². The van der Waals surface area contributed by atoms with Crippen molar-refractivity contribution < 1.29 is 14.4 Å². The summed E-state index contributed by atoms with van der Waals surface area (Å²) in [4.78, 5) is 38.8. The smallest absolute Gasteiger partial charge is 0.325 e. The summed E-state index contributed by atoms with van der Waals surface area (Å²) >= 11 is 0. The lowest BCUT2D eigenvalue weighted by molar-refractivity contribution is -0.136. The van der Waals surface area contributed by atoms with Crippen molar-refractivity contribution in [3.8, 4) is 0 Å². The maximum absolute atomic E-state index is 13.0. The molecule has 1 aromatic carbocycles. The van der Waals surface area contributed by atoms with E-state index in [1.54, 1.807) is 0 Å². The average molecular weight is 341 g/mol. The maximum atomic E-state index is 13.0. The van der Waals surface area contributed by atoms with Crippen LogP contribution in [-0.4, -0.2) is 34.8 Å². The summed E-state index contributed by atoms with van der Waals surface area (Å²) in [7, 11) is 0. The number of urea groups is 1. The molecule has 3 fully saturated rings. The Morgan fingerprint density at radius 1 is 1.20 bits per heavy atom. The van der Waals surface area contributed by atoms with Crippen LogP contribution in [0.5, 0.6) is 0 Å². The molecule has 2 aliphatic carbocycles. The van der Waals surface area contributed by atoms with Crippen LogP contribution in [0.1, 0.15) is 44.2 Å². The summed E-state index contributed by atoms with van der Waals surface area (Å²) in [6.45, 7) is 1.67. The van der Waals surface area contributed by atoms with Gasteiger partial charge in [0.2, 0.25) is 5.91 Å². The molecule has 0 spiro atoms. The molecule has 1 heterocycles. The molecule has 132 valence electrons. The van der Waals surface area contributed by atoms with Gasteiger partial charge in [0.15, 0.2) is 0 Å². The Kier molecular flexibility index (Phi) is 3.78. The summed E-state index contributed by atoms with van der Waals surface area (Å²) < 4.78 is 0. The molecule has 1 unspecified atom stereocenters. The molecule has 1 atom stereocenters. The molecule has 3 aliphatic rings. The van der Waals surface area contributed by atoms with Gasteiger partial charge in [-0.15, -0.1) is 0 Å². The molecule has 0 aromatic heterocycles. The summed E-state index contributed by atoms with van der Waals surface area (Å²) in [6, 6.07) is 9.01. The minimum Gasteiger partial charge on any atom is -0.348 e. The Hall–Kier alpha value is -2.37. The standard InChI is InChI=1S/C19H23N3O3/c1-12(13-5-3-2-4-6-13)20-16(23)11-22-17(24)19(14-7-8-14,15-9-10-15)21-18(22)25/h2-6,12,14-15H,7-11H2,1H3,(H,20,23)(H,21,25). The number of rotatable bonds is 6. The second kappa shape index (κ2) is 5.86. The first-order chi connectivity index (χ1) is 12.0. The van der Waals surface area contributed by atoms with E-state index in [4.69, 9.17) is 0 Å². The highest BCUT2D eigenvalue weighted by Gasteiger charge is 2.65. The van der Waals surface area contributed by atoms with Crippen LogP contribution in [0, 0.1) is 11.8 Å². The van der Waals surface area contributed by atoms with Crippen LogP contribution in [0.25, 0.3) is 0 Å². The van der Waals surface area contributed by atoms with E-state index >= 15 is 0 Å². The number of carbonyl (C=O) groups is 3. The summed E-state index contributed by atoms with van der Waals surface area (Å²) in [5.74, 6) is -0.0345. The Morgan fingerprint density at radius 2 is 1.80 bits per heavy atom. The van der Waals surface area contributed by atoms with Gasteiger partial charge in [-0.3, -0.25) is 14.5 Å². The van der Waals surface area contributed by atoms with Crippen LogP contribution in [0.15, 0.2) is 30.3 Å². The largest absolute Gasteiger partial charge is 0.348 e. The van der Waals surface area contributed by atoms with Crippen molar-refractivity contribution in [2.24, 2.45) is 11.8 Å². The third kappa shape index (κ3) is 2.79. The predicted octanol–water partition coefficient (Wildman–Crippen LogP) is 1.97. The third-order valence-electron chi connectivity index (χ3n) is 5.58. The van der Waals surface area contributed by atoms with E-state index in [-0.39, 0.29) is 36.2 Å². The number of amides is 4. The molecule has 2 N–H and O–H groups in total. The van der Waals surface area contributed by atoms with E-state index in [1.807, 2.05) is 37.3 Å². The monoisotopic (exact) mass is 341 g/mol. The minimum absolute atomic E-state index is 0.175. The van der Waals surface area contributed by atoms with Crippen molar-refractivity contribution in [2.45, 2.75) is 44.2 Å². The third-order valence-corrected chi connectivity index (χ3v) is 5.58. The van der Waals surface area contributed by atoms with Crippen LogP contribution < -0.4 is 10.6 Å². The van der Waals surface area contributed by atoms with Gasteiger partial charge >= 0.3 is 6.03 Å². The molecular weight excluding hydrogens is 318 g/mol. The van der Waals surface area contributed by atoms with E-state index < -0.39 is 11.6 Å². The van der Waals surface area contributed by atoms with Gasteiger partial charge in [0.25, 0.3) is 5.91 Å². The van der Waals surface area contributed by atoms with Crippen LogP contribution in [0.2, 0.25) is 0 Å². The zero-order valence-corrected chi connectivity index (χ0v) is 14.3. The van der Waals surface area contributed by atoms with Crippen molar-refractivity contribution in [3.63, 3.8) is 0 Å². The molecule has 25 heavy (non-hydrogen) atoms. The molecular formula is C19H23N3O3. The molecule has 0 bridgehead atoms. The lowest BCUT2D eigenvalue weighted by Gasteiger charge is -2.26. The summed E-state index contributed by atoms with van der Waals surface area (Å²) in [5, 5.41) is 5.81. The molecule has 1 aliphatic heterocycles. The first kappa shape index (κ1) is 16.1. The van der Waals surface area contributed by atoms with Crippen molar-refractivity contribution in [3.05, 3.63) is 35.9 Å². The molecule has 6 heteroatoms. The summed E-state index contributed by atoms with van der Waals surface area (Å²) in [5.41, 5.74) is 0.251. The first-order valence-corrected chi connectivity index (χ1v) is 9.01. The fourth-order valence-corrected chi connectivity index (χ4v) is 3.98. The zero-order valence-electron chi connectivity index (χ0n) is 14.3. The number of carbonyl (C=O) groups excluding carboxylic acids is 3. The molecule has 2 saturated carbocycles. The van der Waals surface area contributed by atoms with Crippen LogP contribution in [0.3, 0.4) is 0 Å². The van der Waals surface area contributed by atoms with Crippen LogP contribution >= 0.6 is 0 Å². The van der Waals surface area contributed by atoms with E-state index in [0.717, 1.165) is 36.1 Å². The van der Waals surface area contributed by atoms with E-state index in [1.165, 1.54) is 0 Å². The fourth-order valence-electron chi connectivity index (χ4n) is 3.98. The Bertz CT molecular complexity index is 698. The number of hydrogen-bond acceptors (Lipinski definition) is 3. The number of nitrogens with zero attached hydrogens (tertiary/aromatic N) is 1. The van der Waals surface area contributed by atoms with Gasteiger partial charge < -0.3 is 10.6 Å². The number of nitrogens with one attached hydrogen (secondary N) is 2. The maximum Gasteiger partial charge on any atom is 0.325 e. The van der Waals surface area contributed by atoms with Crippen molar-refractivity contribution in [1.29, 1.82) is 0 Å². The molecule has 1 saturated heterocycles. The Morgan fingerprint density at radius 3 is 2.36 bits per heavy atom. The number of hydrogen-bond donors (Lipinski definition) is 2. The predicted molar refractivity (Wildman–Crippen MR) is 91.4 cm³/mol. The van der Waals surface area contributed by atoms with Crippen molar-refractivity contribution >= 4 is 17.8 Å². The topological polar surface area (TPSA) is 78.5 Å². The number of imide groups is 1. The molecule has 4 rings (SSSR count). The normalized spacial score (nSPS) is 23.3. The zero-order chi connectivity index (χ0) is 17.6. The Labute approximate surface area is 147 Å². The van der Waals surface area contributed by atoms with Gasteiger partial charge in [-0.2, -0.15) is 0 Å². The minimum atomic E-state index is -0.734. The average Bonchev–Trinajstić information content (AvgIpc) is 3.49.